The average Bonchev–Trinajstić information content (AvgIpc) is 2.14. The van der Waals surface area contributed by atoms with Crippen molar-refractivity contribution in [2.24, 2.45) is 0 Å². The Kier molecular flexibility index (Phi) is 1.32. The highest BCUT2D eigenvalue weighted by molar-refractivity contribution is 6.16. The van der Waals surface area contributed by atoms with Crippen molar-refractivity contribution in [1.29, 1.82) is 0 Å². The second kappa shape index (κ2) is 1.98. The zero-order valence-electron chi connectivity index (χ0n) is 3.61. The zero-order chi connectivity index (χ0) is 5.11. The summed E-state index contributed by atoms with van der Waals surface area (Å²) >= 11 is 5.38. The number of nitrogens with zero attached hydrogens (tertiary/aromatic N) is 1. The van der Waals surface area contributed by atoms with E-state index in [0.29, 0.717) is 5.88 Å². The van der Waals surface area contributed by atoms with Crippen LogP contribution < -0.4 is 0 Å². The first kappa shape index (κ1) is 4.65. The van der Waals surface area contributed by atoms with Gasteiger partial charge in [0.1, 0.15) is 6.20 Å². The molecular weight excluding hydrogens is 112 g/mol. The number of aromatic amines is 1. The third-order valence-corrected chi connectivity index (χ3v) is 0.935. The molecule has 0 saturated heterocycles. The van der Waals surface area contributed by atoms with Crippen LogP contribution in [0.4, 0.5) is 0 Å². The smallest absolute Gasteiger partial charge is 0.117 e. The van der Waals surface area contributed by atoms with E-state index in [1.165, 1.54) is 0 Å². The van der Waals surface area contributed by atoms with Gasteiger partial charge in [-0.3, -0.25) is 5.10 Å². The molecule has 0 unspecified atom stereocenters. The Labute approximate surface area is 46.5 Å². The number of halogens is 1. The highest BCUT2D eigenvalue weighted by Crippen LogP contribution is 1.95. The van der Waals surface area contributed by atoms with Gasteiger partial charge in [0.25, 0.3) is 0 Å². The molecule has 0 spiro atoms. The minimum Gasteiger partial charge on any atom is -0.285 e. The van der Waals surface area contributed by atoms with Gasteiger partial charge in [-0.2, -0.15) is 5.10 Å². The lowest BCUT2D eigenvalue weighted by atomic mass is 10.4. The largest absolute Gasteiger partial charge is 0.285 e. The number of hydrogen-bond acceptors (Lipinski definition) is 1. The van der Waals surface area contributed by atoms with Gasteiger partial charge in [0.2, 0.25) is 0 Å². The molecule has 1 radical (unpaired) electrons. The molecule has 1 rings (SSSR count). The first-order valence-electron chi connectivity index (χ1n) is 1.90. The van der Waals surface area contributed by atoms with Crippen LogP contribution in [-0.2, 0) is 5.88 Å². The van der Waals surface area contributed by atoms with Crippen molar-refractivity contribution in [2.45, 2.75) is 5.88 Å². The molecule has 1 heterocycles. The van der Waals surface area contributed by atoms with Crippen molar-refractivity contribution in [1.82, 2.24) is 10.2 Å². The summed E-state index contributed by atoms with van der Waals surface area (Å²) in [5.41, 5.74) is 0.904. The molecule has 0 saturated carbocycles. The molecule has 0 fully saturated rings. The second-order valence-electron chi connectivity index (χ2n) is 1.16. The summed E-state index contributed by atoms with van der Waals surface area (Å²) in [4.78, 5) is 0. The van der Waals surface area contributed by atoms with E-state index in [4.69, 9.17) is 11.6 Å². The van der Waals surface area contributed by atoms with Crippen molar-refractivity contribution < 1.29 is 0 Å². The fourth-order valence-electron chi connectivity index (χ4n) is 0.315. The molecule has 0 aliphatic heterocycles. The van der Waals surface area contributed by atoms with Gasteiger partial charge in [-0.1, -0.05) is 0 Å². The normalized spacial score (nSPS) is 9.29. The lowest BCUT2D eigenvalue weighted by Gasteiger charge is -1.73. The monoisotopic (exact) mass is 115 g/mol. The standard InChI is InChI=1S/C4H4ClN2/c5-1-4-2-6-7-3-4/h2H,1H2,(H,6,7). The van der Waals surface area contributed by atoms with Crippen LogP contribution >= 0.6 is 11.6 Å². The Bertz CT molecular complexity index is 124. The van der Waals surface area contributed by atoms with Crippen molar-refractivity contribution in [3.63, 3.8) is 0 Å². The van der Waals surface area contributed by atoms with Crippen molar-refractivity contribution >= 4 is 11.6 Å². The summed E-state index contributed by atoms with van der Waals surface area (Å²) < 4.78 is 0. The summed E-state index contributed by atoms with van der Waals surface area (Å²) in [7, 11) is 0. The minimum absolute atomic E-state index is 0.483. The predicted octanol–water partition coefficient (Wildman–Crippen LogP) is 0.949. The number of nitrogens with one attached hydrogen (secondary N) is 1. The van der Waals surface area contributed by atoms with E-state index >= 15 is 0 Å². The quantitative estimate of drug-likeness (QED) is 0.543. The van der Waals surface area contributed by atoms with Crippen LogP contribution in [0, 0.1) is 6.20 Å². The number of aromatic nitrogens is 2. The summed E-state index contributed by atoms with van der Waals surface area (Å²) in [6.45, 7) is 0. The molecule has 37 valence electrons. The Balaban J connectivity index is 2.76. The van der Waals surface area contributed by atoms with E-state index in [1.54, 1.807) is 6.20 Å². The van der Waals surface area contributed by atoms with Crippen LogP contribution in [0.25, 0.3) is 0 Å². The molecule has 1 aromatic rings. The van der Waals surface area contributed by atoms with E-state index in [0.717, 1.165) is 5.56 Å². The third kappa shape index (κ3) is 0.933. The van der Waals surface area contributed by atoms with Crippen molar-refractivity contribution in [3.05, 3.63) is 18.0 Å². The molecule has 0 aliphatic rings. The maximum absolute atomic E-state index is 5.38. The maximum atomic E-state index is 5.38. The number of hydrogen-bond donors (Lipinski definition) is 1. The first-order valence-corrected chi connectivity index (χ1v) is 2.43. The third-order valence-electron chi connectivity index (χ3n) is 0.647. The van der Waals surface area contributed by atoms with E-state index < -0.39 is 0 Å². The van der Waals surface area contributed by atoms with Crippen LogP contribution in [0.1, 0.15) is 5.56 Å². The lowest BCUT2D eigenvalue weighted by Crippen LogP contribution is -1.64. The van der Waals surface area contributed by atoms with Crippen LogP contribution in [0.5, 0.6) is 0 Å². The minimum atomic E-state index is 0.483. The van der Waals surface area contributed by atoms with E-state index in [2.05, 4.69) is 16.4 Å². The molecule has 0 atom stereocenters. The van der Waals surface area contributed by atoms with Crippen LogP contribution in [0.2, 0.25) is 0 Å². The topological polar surface area (TPSA) is 28.7 Å². The summed E-state index contributed by atoms with van der Waals surface area (Å²) in [5, 5.41) is 6.15. The Morgan fingerprint density at radius 3 is 3.14 bits per heavy atom. The summed E-state index contributed by atoms with van der Waals surface area (Å²) in [6, 6.07) is 0. The Hall–Kier alpha value is -0.500. The van der Waals surface area contributed by atoms with E-state index in [9.17, 15) is 0 Å². The summed E-state index contributed by atoms with van der Waals surface area (Å²) in [6.07, 6.45) is 4.36. The van der Waals surface area contributed by atoms with E-state index in [1.807, 2.05) is 0 Å². The summed E-state index contributed by atoms with van der Waals surface area (Å²) in [5.74, 6) is 0.483. The van der Waals surface area contributed by atoms with E-state index in [-0.39, 0.29) is 0 Å². The highest BCUT2D eigenvalue weighted by Gasteiger charge is 1.86. The lowest BCUT2D eigenvalue weighted by molar-refractivity contribution is 1.08. The van der Waals surface area contributed by atoms with Gasteiger partial charge >= 0.3 is 0 Å². The molecule has 0 aliphatic carbocycles. The molecule has 3 heteroatoms. The zero-order valence-corrected chi connectivity index (χ0v) is 4.37. The van der Waals surface area contributed by atoms with Gasteiger partial charge in [-0.05, 0) is 0 Å². The molecule has 1 aromatic heterocycles. The molecule has 2 nitrogen and oxygen atoms in total. The number of H-pyrrole nitrogens is 1. The van der Waals surface area contributed by atoms with Crippen LogP contribution in [0.3, 0.4) is 0 Å². The SMILES string of the molecule is ClCc1[c]n[nH]c1. The number of alkyl halides is 1. The first-order chi connectivity index (χ1) is 3.43. The molecule has 0 bridgehead atoms. The predicted molar refractivity (Wildman–Crippen MR) is 27.0 cm³/mol. The molecule has 0 aromatic carbocycles. The van der Waals surface area contributed by atoms with Gasteiger partial charge < -0.3 is 0 Å². The second-order valence-corrected chi connectivity index (χ2v) is 1.42. The Morgan fingerprint density at radius 2 is 2.86 bits per heavy atom. The molecule has 1 N–H and O–H groups in total. The number of rotatable bonds is 1. The van der Waals surface area contributed by atoms with Crippen molar-refractivity contribution in [2.75, 3.05) is 0 Å². The van der Waals surface area contributed by atoms with Gasteiger partial charge in [0, 0.05) is 11.8 Å². The molecule has 0 amide bonds. The highest BCUT2D eigenvalue weighted by atomic mass is 35.5. The van der Waals surface area contributed by atoms with Gasteiger partial charge in [0.05, 0.1) is 5.88 Å². The fraction of sp³-hybridized carbons (Fsp3) is 0.250. The molecule has 7 heavy (non-hydrogen) atoms. The van der Waals surface area contributed by atoms with Crippen LogP contribution in [0.15, 0.2) is 6.20 Å². The average molecular weight is 116 g/mol. The fourth-order valence-corrected chi connectivity index (χ4v) is 0.452. The van der Waals surface area contributed by atoms with Crippen LogP contribution in [-0.4, -0.2) is 10.2 Å². The van der Waals surface area contributed by atoms with Gasteiger partial charge in [-0.15, -0.1) is 11.6 Å². The van der Waals surface area contributed by atoms with Crippen molar-refractivity contribution in [3.8, 4) is 0 Å². The molecular formula is C4H4ClN2. The Morgan fingerprint density at radius 1 is 2.00 bits per heavy atom. The van der Waals surface area contributed by atoms with Gasteiger partial charge in [-0.25, -0.2) is 0 Å². The van der Waals surface area contributed by atoms with Gasteiger partial charge in [0.15, 0.2) is 0 Å². The maximum Gasteiger partial charge on any atom is 0.117 e.